The molecule has 0 radical (unpaired) electrons. The highest BCUT2D eigenvalue weighted by atomic mass is 16.5. The van der Waals surface area contributed by atoms with Gasteiger partial charge in [0.05, 0.1) is 48.3 Å². The van der Waals surface area contributed by atoms with E-state index in [1.165, 1.54) is 6.92 Å². The second kappa shape index (κ2) is 10.7. The minimum absolute atomic E-state index is 0.0387. The molecule has 1 aromatic rings. The lowest BCUT2D eigenvalue weighted by molar-refractivity contribution is -0.320. The number of nitrogens with one attached hydrogen (secondary N) is 1. The van der Waals surface area contributed by atoms with Gasteiger partial charge < -0.3 is 39.2 Å². The molecule has 1 amide bonds. The maximum atomic E-state index is 13.7. The summed E-state index contributed by atoms with van der Waals surface area (Å²) in [4.78, 5) is 27.9. The fourth-order valence-electron chi connectivity index (χ4n) is 12.2. The van der Waals surface area contributed by atoms with Crippen molar-refractivity contribution in [3.8, 4) is 0 Å². The van der Waals surface area contributed by atoms with Crippen molar-refractivity contribution < 1.29 is 43.5 Å². The number of hydrogen-bond acceptors (Lipinski definition) is 10. The third-order valence-corrected chi connectivity index (χ3v) is 13.3. The number of carbonyl (C=O) groups excluding carboxylic acids is 2. The summed E-state index contributed by atoms with van der Waals surface area (Å²) < 4.78 is 31.2. The normalized spacial score (nSPS) is 47.4. The lowest BCUT2D eigenvalue weighted by Gasteiger charge is -2.70. The van der Waals surface area contributed by atoms with E-state index in [9.17, 15) is 19.8 Å². The molecule has 11 unspecified atom stereocenters. The number of piperidine rings is 1. The summed E-state index contributed by atoms with van der Waals surface area (Å²) in [5.41, 5.74) is -3.68. The van der Waals surface area contributed by atoms with Crippen molar-refractivity contribution in [2.24, 2.45) is 34.5 Å². The third-order valence-electron chi connectivity index (χ3n) is 13.3. The third kappa shape index (κ3) is 3.72. The van der Waals surface area contributed by atoms with Crippen LogP contribution in [-0.2, 0) is 28.5 Å². The predicted molar refractivity (Wildman–Crippen MR) is 162 cm³/mol. The molecule has 7 bridgehead atoms. The number of carbonyl (C=O) groups is 2. The molecule has 6 aliphatic rings. The zero-order chi connectivity index (χ0) is 32.1. The Morgan fingerprint density at radius 3 is 2.47 bits per heavy atom. The molecule has 11 nitrogen and oxygen atoms in total. The Morgan fingerprint density at radius 2 is 1.82 bits per heavy atom. The minimum Gasteiger partial charge on any atom is -0.461 e. The first-order valence-electron chi connectivity index (χ1n) is 16.4. The van der Waals surface area contributed by atoms with Crippen molar-refractivity contribution in [2.45, 2.75) is 81.2 Å². The number of esters is 1. The number of rotatable bonds is 9. The number of hydrogen-bond donors (Lipinski definition) is 3. The molecular weight excluding hydrogens is 580 g/mol. The Balaban J connectivity index is 1.37. The number of ether oxygens (including phenoxy) is 5. The van der Waals surface area contributed by atoms with Gasteiger partial charge in [0.25, 0.3) is 0 Å². The van der Waals surface area contributed by atoms with Crippen LogP contribution in [0.25, 0.3) is 0 Å². The minimum atomic E-state index is -1.66. The van der Waals surface area contributed by atoms with Crippen LogP contribution >= 0.6 is 0 Å². The summed E-state index contributed by atoms with van der Waals surface area (Å²) >= 11 is 0. The molecule has 1 aromatic carbocycles. The van der Waals surface area contributed by atoms with Gasteiger partial charge in [-0.15, -0.1) is 0 Å². The maximum Gasteiger partial charge on any atom is 0.340 e. The van der Waals surface area contributed by atoms with Crippen molar-refractivity contribution in [3.63, 3.8) is 0 Å². The number of para-hydroxylation sites is 1. The molecule has 13 atom stereocenters. The Hall–Kier alpha value is -2.12. The van der Waals surface area contributed by atoms with Gasteiger partial charge in [0, 0.05) is 76.9 Å². The number of benzene rings is 1. The van der Waals surface area contributed by atoms with Gasteiger partial charge >= 0.3 is 5.97 Å². The number of aliphatic hydroxyl groups is 2. The molecule has 6 fully saturated rings. The van der Waals surface area contributed by atoms with Gasteiger partial charge in [0.1, 0.15) is 11.2 Å². The number of fused-ring (bicyclic) bond motifs is 2. The van der Waals surface area contributed by atoms with Crippen molar-refractivity contribution in [2.75, 3.05) is 53.5 Å². The van der Waals surface area contributed by atoms with Gasteiger partial charge in [-0.25, -0.2) is 4.79 Å². The van der Waals surface area contributed by atoms with Crippen molar-refractivity contribution in [1.29, 1.82) is 0 Å². The first kappa shape index (κ1) is 31.5. The molecule has 248 valence electrons. The van der Waals surface area contributed by atoms with Crippen LogP contribution in [0, 0.1) is 34.5 Å². The highest BCUT2D eigenvalue weighted by Crippen LogP contribution is 2.80. The number of likely N-dealkylation sites (tertiary alicyclic amines) is 1. The second-order valence-corrected chi connectivity index (χ2v) is 14.5. The summed E-state index contributed by atoms with van der Waals surface area (Å²) in [7, 11) is 6.75. The molecule has 1 aliphatic heterocycles. The molecule has 0 aromatic heterocycles. The molecule has 5 aliphatic carbocycles. The number of anilines is 1. The average molecular weight is 629 g/mol. The molecule has 1 spiro atoms. The van der Waals surface area contributed by atoms with Crippen LogP contribution in [-0.4, -0.2) is 117 Å². The van der Waals surface area contributed by atoms with E-state index in [0.717, 1.165) is 12.8 Å². The molecular formula is C34H48N2O9. The van der Waals surface area contributed by atoms with Crippen molar-refractivity contribution in [1.82, 2.24) is 4.90 Å². The van der Waals surface area contributed by atoms with E-state index in [4.69, 9.17) is 23.7 Å². The average Bonchev–Trinajstić information content (AvgIpc) is 3.45. The molecule has 1 heterocycles. The summed E-state index contributed by atoms with van der Waals surface area (Å²) in [5.74, 6) is -1.36. The monoisotopic (exact) mass is 628 g/mol. The van der Waals surface area contributed by atoms with Crippen LogP contribution in [0.2, 0.25) is 0 Å². The summed E-state index contributed by atoms with van der Waals surface area (Å²) in [6, 6.07) is 6.41. The Morgan fingerprint density at radius 1 is 1.07 bits per heavy atom. The SMILES string of the molecule is CCN1C[C@]2(COC(=O)c3ccccc3NC(C)=O)CCC(OC)C34C5CC6C(OC)CC(O)(C5C6OC)C(O)(C(OC)C32)[C@H]14. The molecule has 3 N–H and O–H groups in total. The molecule has 5 saturated carbocycles. The van der Waals surface area contributed by atoms with E-state index >= 15 is 0 Å². The first-order chi connectivity index (χ1) is 21.5. The molecule has 7 rings (SSSR count). The fraction of sp³-hybridized carbons (Fsp3) is 0.765. The van der Waals surface area contributed by atoms with Gasteiger partial charge in [-0.3, -0.25) is 9.69 Å². The standard InChI is InChI=1S/C34H48N2O9/c1-7-36-16-31(17-45-29(38)19-10-8-9-11-22(19)35-18(2)37)13-12-24(42-4)33-21-14-20-23(41-3)15-32(39,25(21)26(20)43-5)34(40,30(33)36)28(44-6)27(31)33/h8-11,20-21,23-28,30,39-40H,7,12-17H2,1-6H3,(H,35,37)/t20?,21?,23?,24?,25?,26?,27?,28?,30-,31+,32?,33?,34?/m1/s1. The van der Waals surface area contributed by atoms with Crippen molar-refractivity contribution >= 4 is 17.6 Å². The van der Waals surface area contributed by atoms with Crippen LogP contribution in [0.1, 0.15) is 49.9 Å². The predicted octanol–water partition coefficient (Wildman–Crippen LogP) is 2.09. The molecule has 1 saturated heterocycles. The Kier molecular flexibility index (Phi) is 7.48. The number of amides is 1. The van der Waals surface area contributed by atoms with E-state index in [2.05, 4.69) is 17.1 Å². The van der Waals surface area contributed by atoms with Gasteiger partial charge in [-0.1, -0.05) is 19.1 Å². The van der Waals surface area contributed by atoms with Gasteiger partial charge in [0.2, 0.25) is 5.91 Å². The van der Waals surface area contributed by atoms with E-state index in [1.54, 1.807) is 52.7 Å². The fourth-order valence-corrected chi connectivity index (χ4v) is 12.2. The highest BCUT2D eigenvalue weighted by Gasteiger charge is 2.91. The van der Waals surface area contributed by atoms with E-state index in [-0.39, 0.29) is 60.1 Å². The van der Waals surface area contributed by atoms with E-state index < -0.39 is 40.1 Å². The van der Waals surface area contributed by atoms with Crippen LogP contribution in [0.5, 0.6) is 0 Å². The van der Waals surface area contributed by atoms with Crippen LogP contribution in [0.3, 0.4) is 0 Å². The van der Waals surface area contributed by atoms with Gasteiger partial charge in [0.15, 0.2) is 0 Å². The lowest BCUT2D eigenvalue weighted by Crippen LogP contribution is -2.82. The Labute approximate surface area is 264 Å². The lowest BCUT2D eigenvalue weighted by atomic mass is 9.42. The van der Waals surface area contributed by atoms with Crippen molar-refractivity contribution in [3.05, 3.63) is 29.8 Å². The topological polar surface area (TPSA) is 136 Å². The van der Waals surface area contributed by atoms with Gasteiger partial charge in [-0.05, 0) is 43.9 Å². The summed E-state index contributed by atoms with van der Waals surface area (Å²) in [6.07, 6.45) is 0.993. The van der Waals surface area contributed by atoms with E-state index in [0.29, 0.717) is 31.6 Å². The number of likely N-dealkylation sites (N-methyl/N-ethyl adjacent to an activating group) is 1. The summed E-state index contributed by atoms with van der Waals surface area (Å²) in [6.45, 7) is 4.81. The van der Waals surface area contributed by atoms with E-state index in [1.807, 2.05) is 0 Å². The smallest absolute Gasteiger partial charge is 0.340 e. The Bertz CT molecular complexity index is 1360. The first-order valence-corrected chi connectivity index (χ1v) is 16.4. The van der Waals surface area contributed by atoms with Crippen LogP contribution in [0.15, 0.2) is 24.3 Å². The van der Waals surface area contributed by atoms with Crippen LogP contribution < -0.4 is 5.32 Å². The zero-order valence-electron chi connectivity index (χ0n) is 27.2. The zero-order valence-corrected chi connectivity index (χ0v) is 27.2. The van der Waals surface area contributed by atoms with Crippen LogP contribution in [0.4, 0.5) is 5.69 Å². The number of nitrogens with zero attached hydrogens (tertiary/aromatic N) is 1. The largest absolute Gasteiger partial charge is 0.461 e. The van der Waals surface area contributed by atoms with Gasteiger partial charge in [-0.2, -0.15) is 0 Å². The molecule has 45 heavy (non-hydrogen) atoms. The quantitative estimate of drug-likeness (QED) is 0.349. The summed E-state index contributed by atoms with van der Waals surface area (Å²) in [5, 5.41) is 29.2. The highest BCUT2D eigenvalue weighted by molar-refractivity contribution is 6.00. The maximum absolute atomic E-state index is 13.7. The number of methoxy groups -OCH3 is 4. The second-order valence-electron chi connectivity index (χ2n) is 14.5. The molecule has 11 heteroatoms.